The minimum atomic E-state index is -0.459. The van der Waals surface area contributed by atoms with Gasteiger partial charge >= 0.3 is 0 Å². The van der Waals surface area contributed by atoms with E-state index in [0.29, 0.717) is 55.4 Å². The maximum atomic E-state index is 12.5. The summed E-state index contributed by atoms with van der Waals surface area (Å²) in [7, 11) is 1.50. The van der Waals surface area contributed by atoms with Crippen LogP contribution in [0.4, 0.5) is 0 Å². The van der Waals surface area contributed by atoms with E-state index in [1.807, 2.05) is 25.1 Å². The van der Waals surface area contributed by atoms with Gasteiger partial charge in [0.2, 0.25) is 5.91 Å². The van der Waals surface area contributed by atoms with Gasteiger partial charge in [0.05, 0.1) is 13.7 Å². The molecule has 9 nitrogen and oxygen atoms in total. The summed E-state index contributed by atoms with van der Waals surface area (Å²) < 4.78 is 16.4. The van der Waals surface area contributed by atoms with E-state index in [-0.39, 0.29) is 24.3 Å². The Morgan fingerprint density at radius 1 is 0.971 bits per heavy atom. The normalized spacial score (nSPS) is 13.6. The molecule has 2 aromatic rings. The lowest BCUT2D eigenvalue weighted by atomic mass is 9.96. The van der Waals surface area contributed by atoms with Crippen LogP contribution in [0.3, 0.4) is 0 Å². The smallest absolute Gasteiger partial charge is 0.269 e. The van der Waals surface area contributed by atoms with Gasteiger partial charge in [-0.15, -0.1) is 0 Å². The van der Waals surface area contributed by atoms with Gasteiger partial charge in [-0.3, -0.25) is 25.2 Å². The molecule has 1 aliphatic heterocycles. The molecule has 9 heteroatoms. The highest BCUT2D eigenvalue weighted by Gasteiger charge is 2.28. The molecule has 0 aromatic heterocycles. The molecule has 1 heterocycles. The molecular weight excluding hydrogens is 438 g/mol. The van der Waals surface area contributed by atoms with E-state index >= 15 is 0 Å². The van der Waals surface area contributed by atoms with Gasteiger partial charge in [-0.1, -0.05) is 25.1 Å². The van der Waals surface area contributed by atoms with Gasteiger partial charge in [-0.05, 0) is 49.6 Å². The number of ether oxygens (including phenoxy) is 3. The highest BCUT2D eigenvalue weighted by molar-refractivity contribution is 5.96. The van der Waals surface area contributed by atoms with Gasteiger partial charge < -0.3 is 19.1 Å². The van der Waals surface area contributed by atoms with Crippen molar-refractivity contribution in [3.63, 3.8) is 0 Å². The Hall–Kier alpha value is -3.75. The topological polar surface area (TPSA) is 106 Å². The van der Waals surface area contributed by atoms with Crippen LogP contribution in [0.2, 0.25) is 0 Å². The maximum absolute atomic E-state index is 12.5. The quantitative estimate of drug-likeness (QED) is 0.547. The summed E-state index contributed by atoms with van der Waals surface area (Å²) in [6, 6.07) is 14.0. The van der Waals surface area contributed by atoms with E-state index in [1.54, 1.807) is 35.2 Å². The summed E-state index contributed by atoms with van der Waals surface area (Å²) in [5.41, 5.74) is 5.27. The number of hydrazine groups is 1. The number of carbonyl (C=O) groups is 3. The molecule has 0 radical (unpaired) electrons. The molecule has 0 bridgehead atoms. The van der Waals surface area contributed by atoms with Crippen LogP contribution >= 0.6 is 0 Å². The number of amides is 3. The second-order valence-corrected chi connectivity index (χ2v) is 7.91. The van der Waals surface area contributed by atoms with Gasteiger partial charge in [0.25, 0.3) is 11.8 Å². The van der Waals surface area contributed by atoms with E-state index in [2.05, 4.69) is 10.9 Å². The lowest BCUT2D eigenvalue weighted by Crippen LogP contribution is -2.48. The number of para-hydroxylation sites is 1. The van der Waals surface area contributed by atoms with Crippen molar-refractivity contribution >= 4 is 17.7 Å². The van der Waals surface area contributed by atoms with Gasteiger partial charge in [-0.2, -0.15) is 0 Å². The molecule has 2 N–H and O–H groups in total. The summed E-state index contributed by atoms with van der Waals surface area (Å²) in [4.78, 5) is 39.1. The Morgan fingerprint density at radius 3 is 2.38 bits per heavy atom. The lowest BCUT2D eigenvalue weighted by molar-refractivity contribution is -0.137. The van der Waals surface area contributed by atoms with Crippen molar-refractivity contribution in [1.82, 2.24) is 15.8 Å². The van der Waals surface area contributed by atoms with Gasteiger partial charge in [0.1, 0.15) is 5.75 Å². The molecule has 34 heavy (non-hydrogen) atoms. The van der Waals surface area contributed by atoms with Crippen LogP contribution in [-0.2, 0) is 9.59 Å². The molecule has 1 aliphatic rings. The van der Waals surface area contributed by atoms with E-state index in [1.165, 1.54) is 7.11 Å². The third kappa shape index (κ3) is 6.87. The SMILES string of the molecule is CCCOc1ccc(C(=O)NNC(=O)C2CCN(C(=O)COc3ccccc3)CC2)cc1OC. The average molecular weight is 470 g/mol. The third-order valence-electron chi connectivity index (χ3n) is 5.51. The van der Waals surface area contributed by atoms with Gasteiger partial charge in [0.15, 0.2) is 18.1 Å². The Kier molecular flexibility index (Phi) is 9.13. The van der Waals surface area contributed by atoms with E-state index < -0.39 is 5.91 Å². The monoisotopic (exact) mass is 469 g/mol. The molecule has 1 fully saturated rings. The van der Waals surface area contributed by atoms with Crippen molar-refractivity contribution in [3.05, 3.63) is 54.1 Å². The number of rotatable bonds is 9. The molecule has 182 valence electrons. The molecule has 1 saturated heterocycles. The van der Waals surface area contributed by atoms with Crippen LogP contribution in [0.25, 0.3) is 0 Å². The molecule has 0 aliphatic carbocycles. The standard InChI is InChI=1S/C25H31N3O6/c1-3-15-33-21-10-9-19(16-22(21)32-2)25(31)27-26-24(30)18-11-13-28(14-12-18)23(29)17-34-20-7-5-4-6-8-20/h4-10,16,18H,3,11-15,17H2,1-2H3,(H,26,30)(H,27,31). The first-order chi connectivity index (χ1) is 16.5. The number of hydrogen-bond acceptors (Lipinski definition) is 6. The Morgan fingerprint density at radius 2 is 1.71 bits per heavy atom. The Balaban J connectivity index is 1.42. The van der Waals surface area contributed by atoms with E-state index in [9.17, 15) is 14.4 Å². The Labute approximate surface area is 199 Å². The first-order valence-electron chi connectivity index (χ1n) is 11.4. The molecule has 0 saturated carbocycles. The predicted octanol–water partition coefficient (Wildman–Crippen LogP) is 2.56. The summed E-state index contributed by atoms with van der Waals surface area (Å²) in [6.07, 6.45) is 1.87. The average Bonchev–Trinajstić information content (AvgIpc) is 2.89. The zero-order valence-corrected chi connectivity index (χ0v) is 19.5. The van der Waals surface area contributed by atoms with Crippen molar-refractivity contribution < 1.29 is 28.6 Å². The summed E-state index contributed by atoms with van der Waals surface area (Å²) in [5.74, 6) is 0.494. The second-order valence-electron chi connectivity index (χ2n) is 7.91. The van der Waals surface area contributed by atoms with Crippen molar-refractivity contribution in [3.8, 4) is 17.2 Å². The first-order valence-corrected chi connectivity index (χ1v) is 11.4. The number of nitrogens with one attached hydrogen (secondary N) is 2. The van der Waals surface area contributed by atoms with Crippen molar-refractivity contribution in [2.75, 3.05) is 33.4 Å². The predicted molar refractivity (Wildman–Crippen MR) is 126 cm³/mol. The highest BCUT2D eigenvalue weighted by Crippen LogP contribution is 2.28. The number of methoxy groups -OCH3 is 1. The largest absolute Gasteiger partial charge is 0.493 e. The molecule has 2 aromatic carbocycles. The lowest BCUT2D eigenvalue weighted by Gasteiger charge is -2.31. The molecular formula is C25H31N3O6. The Bertz CT molecular complexity index is 974. The van der Waals surface area contributed by atoms with Crippen molar-refractivity contribution in [2.24, 2.45) is 5.92 Å². The first kappa shape index (κ1) is 24.9. The van der Waals surface area contributed by atoms with Crippen LogP contribution in [-0.4, -0.2) is 56.0 Å². The fraction of sp³-hybridized carbons (Fsp3) is 0.400. The van der Waals surface area contributed by atoms with Crippen molar-refractivity contribution in [1.29, 1.82) is 0 Å². The number of benzene rings is 2. The van der Waals surface area contributed by atoms with Crippen LogP contribution in [0.15, 0.2) is 48.5 Å². The number of piperidine rings is 1. The number of nitrogens with zero attached hydrogens (tertiary/aromatic N) is 1. The van der Waals surface area contributed by atoms with Gasteiger partial charge in [-0.25, -0.2) is 0 Å². The van der Waals surface area contributed by atoms with Crippen LogP contribution in [0.1, 0.15) is 36.5 Å². The van der Waals surface area contributed by atoms with Crippen molar-refractivity contribution in [2.45, 2.75) is 26.2 Å². The third-order valence-corrected chi connectivity index (χ3v) is 5.51. The summed E-state index contributed by atoms with van der Waals surface area (Å²) >= 11 is 0. The molecule has 0 unspecified atom stereocenters. The maximum Gasteiger partial charge on any atom is 0.269 e. The summed E-state index contributed by atoms with van der Waals surface area (Å²) in [5, 5.41) is 0. The number of carbonyl (C=O) groups excluding carboxylic acids is 3. The van der Waals surface area contributed by atoms with E-state index in [0.717, 1.165) is 6.42 Å². The molecule has 0 atom stereocenters. The van der Waals surface area contributed by atoms with Crippen LogP contribution in [0.5, 0.6) is 17.2 Å². The molecule has 3 amide bonds. The summed E-state index contributed by atoms with van der Waals surface area (Å²) in [6.45, 7) is 3.42. The molecule has 0 spiro atoms. The zero-order valence-electron chi connectivity index (χ0n) is 19.5. The number of hydrogen-bond donors (Lipinski definition) is 2. The fourth-order valence-corrected chi connectivity index (χ4v) is 3.58. The number of likely N-dealkylation sites (tertiary alicyclic amines) is 1. The minimum Gasteiger partial charge on any atom is -0.493 e. The zero-order chi connectivity index (χ0) is 24.3. The highest BCUT2D eigenvalue weighted by atomic mass is 16.5. The second kappa shape index (κ2) is 12.5. The van der Waals surface area contributed by atoms with Gasteiger partial charge in [0, 0.05) is 24.6 Å². The van der Waals surface area contributed by atoms with Crippen LogP contribution in [0, 0.1) is 5.92 Å². The van der Waals surface area contributed by atoms with E-state index in [4.69, 9.17) is 14.2 Å². The van der Waals surface area contributed by atoms with Crippen LogP contribution < -0.4 is 25.1 Å². The molecule has 3 rings (SSSR count). The minimum absolute atomic E-state index is 0.0390. The fourth-order valence-electron chi connectivity index (χ4n) is 3.58.